The molecule has 0 saturated heterocycles. The summed E-state index contributed by atoms with van der Waals surface area (Å²) >= 11 is 4.91. The molecule has 1 amide bonds. The number of carbonyl (C=O) groups is 1. The summed E-state index contributed by atoms with van der Waals surface area (Å²) in [5.74, 6) is 0.159. The van der Waals surface area contributed by atoms with Gasteiger partial charge in [0.15, 0.2) is 5.11 Å². The number of rotatable bonds is 4. The number of amides is 1. The Bertz CT molecular complexity index is 376. The largest absolute Gasteiger partial charge is 0.303 e. The van der Waals surface area contributed by atoms with E-state index in [9.17, 15) is 4.79 Å². The maximum atomic E-state index is 11.3. The maximum absolute atomic E-state index is 11.3. The fourth-order valence-corrected chi connectivity index (χ4v) is 1.20. The zero-order chi connectivity index (χ0) is 12.0. The molecule has 0 saturated carbocycles. The first-order valence-electron chi connectivity index (χ1n) is 4.96. The van der Waals surface area contributed by atoms with E-state index in [-0.39, 0.29) is 17.0 Å². The van der Waals surface area contributed by atoms with Gasteiger partial charge in [-0.25, -0.2) is 0 Å². The third-order valence-electron chi connectivity index (χ3n) is 1.74. The third-order valence-corrected chi connectivity index (χ3v) is 1.95. The zero-order valence-electron chi connectivity index (χ0n) is 9.23. The summed E-state index contributed by atoms with van der Waals surface area (Å²) < 4.78 is 0. The molecule has 8 heteroatoms. The Hall–Kier alpha value is -1.57. The number of nitrogens with zero attached hydrogens (tertiary/aromatic N) is 4. The fraction of sp³-hybridized carbons (Fsp3) is 0.625. The molecule has 1 heterocycles. The molecular formula is C8H14N6OS. The lowest BCUT2D eigenvalue weighted by atomic mass is 10.2. The highest BCUT2D eigenvalue weighted by Crippen LogP contribution is 1.95. The summed E-state index contributed by atoms with van der Waals surface area (Å²) in [5, 5.41) is 16.6. The molecule has 1 aromatic rings. The number of thiocarbonyl (C=S) groups is 1. The number of carbonyl (C=O) groups excluding carboxylic acids is 1. The highest BCUT2D eigenvalue weighted by molar-refractivity contribution is 7.80. The molecular weight excluding hydrogens is 228 g/mol. The van der Waals surface area contributed by atoms with Gasteiger partial charge in [-0.05, 0) is 23.9 Å². The van der Waals surface area contributed by atoms with E-state index in [1.54, 1.807) is 7.05 Å². The van der Waals surface area contributed by atoms with Crippen molar-refractivity contribution < 1.29 is 4.79 Å². The van der Waals surface area contributed by atoms with E-state index in [1.165, 1.54) is 4.80 Å². The van der Waals surface area contributed by atoms with Gasteiger partial charge in [-0.2, -0.15) is 4.80 Å². The molecule has 88 valence electrons. The van der Waals surface area contributed by atoms with Crippen molar-refractivity contribution in [3.63, 3.8) is 0 Å². The fourth-order valence-electron chi connectivity index (χ4n) is 0.993. The Labute approximate surface area is 98.6 Å². The maximum Gasteiger partial charge on any atom is 0.269 e. The van der Waals surface area contributed by atoms with Crippen LogP contribution in [0.2, 0.25) is 0 Å². The summed E-state index contributed by atoms with van der Waals surface area (Å²) in [6.07, 6.45) is 2.28. The van der Waals surface area contributed by atoms with Crippen molar-refractivity contribution in [2.75, 3.05) is 5.32 Å². The molecule has 7 nitrogen and oxygen atoms in total. The van der Waals surface area contributed by atoms with Crippen molar-refractivity contribution in [2.24, 2.45) is 7.05 Å². The lowest BCUT2D eigenvalue weighted by Gasteiger charge is -2.05. The number of nitrogens with one attached hydrogen (secondary N) is 2. The molecule has 0 fully saturated rings. The predicted molar refractivity (Wildman–Crippen MR) is 62.7 cm³/mol. The topological polar surface area (TPSA) is 84.7 Å². The summed E-state index contributed by atoms with van der Waals surface area (Å²) in [7, 11) is 1.64. The van der Waals surface area contributed by atoms with Crippen molar-refractivity contribution in [1.29, 1.82) is 0 Å². The number of aryl methyl sites for hydroxylation is 1. The number of tetrazole rings is 1. The molecule has 0 aliphatic rings. The monoisotopic (exact) mass is 242 g/mol. The number of unbranched alkanes of at least 4 members (excludes halogenated alkanes) is 1. The van der Waals surface area contributed by atoms with Crippen LogP contribution in [0.15, 0.2) is 0 Å². The highest BCUT2D eigenvalue weighted by atomic mass is 32.1. The van der Waals surface area contributed by atoms with Crippen LogP contribution in [0.1, 0.15) is 26.2 Å². The molecule has 0 atom stereocenters. The van der Waals surface area contributed by atoms with Crippen LogP contribution >= 0.6 is 12.2 Å². The van der Waals surface area contributed by atoms with Gasteiger partial charge in [-0.3, -0.25) is 10.1 Å². The van der Waals surface area contributed by atoms with Crippen molar-refractivity contribution in [2.45, 2.75) is 26.2 Å². The van der Waals surface area contributed by atoms with Crippen molar-refractivity contribution in [1.82, 2.24) is 25.5 Å². The Balaban J connectivity index is 2.33. The van der Waals surface area contributed by atoms with Gasteiger partial charge >= 0.3 is 0 Å². The van der Waals surface area contributed by atoms with Gasteiger partial charge in [-0.15, -0.1) is 5.10 Å². The SMILES string of the molecule is CCCCC(=O)NC(=S)Nc1nnn(C)n1. The molecule has 0 aliphatic heterocycles. The van der Waals surface area contributed by atoms with Gasteiger partial charge in [-0.1, -0.05) is 18.4 Å². The van der Waals surface area contributed by atoms with E-state index in [4.69, 9.17) is 12.2 Å². The first kappa shape index (κ1) is 12.5. The van der Waals surface area contributed by atoms with E-state index in [0.29, 0.717) is 6.42 Å². The molecule has 2 N–H and O–H groups in total. The standard InChI is InChI=1S/C8H14N6OS/c1-3-4-5-6(15)9-8(16)10-7-11-13-14(2)12-7/h3-5H2,1-2H3,(H2,9,10,12,15,16). The van der Waals surface area contributed by atoms with Crippen LogP contribution in [0.3, 0.4) is 0 Å². The van der Waals surface area contributed by atoms with Crippen LogP contribution in [-0.2, 0) is 11.8 Å². The summed E-state index contributed by atoms with van der Waals surface area (Å²) in [6.45, 7) is 2.02. The average molecular weight is 242 g/mol. The molecule has 0 radical (unpaired) electrons. The van der Waals surface area contributed by atoms with Crippen LogP contribution in [0.25, 0.3) is 0 Å². The second-order valence-corrected chi connectivity index (χ2v) is 3.62. The zero-order valence-corrected chi connectivity index (χ0v) is 10.0. The van der Waals surface area contributed by atoms with Crippen molar-refractivity contribution >= 4 is 29.2 Å². The first-order chi connectivity index (χ1) is 7.61. The minimum absolute atomic E-state index is 0.108. The Morgan fingerprint density at radius 1 is 1.56 bits per heavy atom. The van der Waals surface area contributed by atoms with Crippen LogP contribution in [-0.4, -0.2) is 31.2 Å². The minimum atomic E-state index is -0.108. The lowest BCUT2D eigenvalue weighted by molar-refractivity contribution is -0.119. The van der Waals surface area contributed by atoms with Gasteiger partial charge < -0.3 is 5.32 Å². The van der Waals surface area contributed by atoms with E-state index in [0.717, 1.165) is 12.8 Å². The number of aromatic nitrogens is 4. The number of anilines is 1. The lowest BCUT2D eigenvalue weighted by Crippen LogP contribution is -2.34. The highest BCUT2D eigenvalue weighted by Gasteiger charge is 2.06. The molecule has 1 aromatic heterocycles. The van der Waals surface area contributed by atoms with Gasteiger partial charge in [0.1, 0.15) is 0 Å². The Morgan fingerprint density at radius 2 is 2.31 bits per heavy atom. The van der Waals surface area contributed by atoms with E-state index in [1.807, 2.05) is 6.92 Å². The van der Waals surface area contributed by atoms with E-state index in [2.05, 4.69) is 26.0 Å². The molecule has 0 unspecified atom stereocenters. The van der Waals surface area contributed by atoms with E-state index < -0.39 is 0 Å². The van der Waals surface area contributed by atoms with Crippen molar-refractivity contribution in [3.05, 3.63) is 0 Å². The summed E-state index contributed by atoms with van der Waals surface area (Å²) in [6, 6.07) is 0. The molecule has 1 rings (SSSR count). The molecule has 0 aromatic carbocycles. The second kappa shape index (κ2) is 6.11. The Kier molecular flexibility index (Phi) is 4.77. The van der Waals surface area contributed by atoms with Gasteiger partial charge in [0.05, 0.1) is 7.05 Å². The van der Waals surface area contributed by atoms with Crippen LogP contribution in [0.4, 0.5) is 5.95 Å². The molecule has 16 heavy (non-hydrogen) atoms. The van der Waals surface area contributed by atoms with Crippen LogP contribution in [0, 0.1) is 0 Å². The van der Waals surface area contributed by atoms with E-state index >= 15 is 0 Å². The minimum Gasteiger partial charge on any atom is -0.303 e. The molecule has 0 spiro atoms. The molecule has 0 bridgehead atoms. The normalized spacial score (nSPS) is 9.88. The number of hydrogen-bond acceptors (Lipinski definition) is 5. The van der Waals surface area contributed by atoms with Gasteiger partial charge in [0.2, 0.25) is 5.91 Å². The van der Waals surface area contributed by atoms with Crippen molar-refractivity contribution in [3.8, 4) is 0 Å². The Morgan fingerprint density at radius 3 is 2.88 bits per heavy atom. The predicted octanol–water partition coefficient (Wildman–Crippen LogP) is 0.213. The first-order valence-corrected chi connectivity index (χ1v) is 5.37. The third kappa shape index (κ3) is 4.30. The van der Waals surface area contributed by atoms with Crippen LogP contribution < -0.4 is 10.6 Å². The van der Waals surface area contributed by atoms with Gasteiger partial charge in [0.25, 0.3) is 5.95 Å². The summed E-state index contributed by atoms with van der Waals surface area (Å²) in [4.78, 5) is 12.6. The number of hydrogen-bond donors (Lipinski definition) is 2. The quantitative estimate of drug-likeness (QED) is 0.734. The second-order valence-electron chi connectivity index (χ2n) is 3.21. The smallest absolute Gasteiger partial charge is 0.269 e. The van der Waals surface area contributed by atoms with Gasteiger partial charge in [0, 0.05) is 6.42 Å². The molecule has 0 aliphatic carbocycles. The average Bonchev–Trinajstić information content (AvgIpc) is 2.60. The van der Waals surface area contributed by atoms with Crippen LogP contribution in [0.5, 0.6) is 0 Å². The summed E-state index contributed by atoms with van der Waals surface area (Å²) in [5.41, 5.74) is 0.